The van der Waals surface area contributed by atoms with Crippen molar-refractivity contribution in [3.05, 3.63) is 29.8 Å². The molecule has 1 unspecified atom stereocenters. The van der Waals surface area contributed by atoms with Gasteiger partial charge in [-0.05, 0) is 38.1 Å². The summed E-state index contributed by atoms with van der Waals surface area (Å²) < 4.78 is 5.27. The zero-order valence-electron chi connectivity index (χ0n) is 12.6. The van der Waals surface area contributed by atoms with Crippen molar-refractivity contribution in [2.24, 2.45) is 0 Å². The third-order valence-electron chi connectivity index (χ3n) is 2.73. The standard InChI is InChI=1S/C15H20N2O5/c1-3-22-12-6-4-11(5-7-12)15(21)16-9-13(18)17-10(2)8-14(19)20/h4-7,10H,3,8-9H2,1-2H3,(H,16,21)(H,17,18)(H,19,20). The molecule has 0 bridgehead atoms. The molecule has 0 aliphatic heterocycles. The van der Waals surface area contributed by atoms with Gasteiger partial charge in [-0.15, -0.1) is 0 Å². The average molecular weight is 308 g/mol. The monoisotopic (exact) mass is 308 g/mol. The van der Waals surface area contributed by atoms with Crippen LogP contribution in [0.5, 0.6) is 5.75 Å². The van der Waals surface area contributed by atoms with Gasteiger partial charge in [0.15, 0.2) is 0 Å². The zero-order valence-corrected chi connectivity index (χ0v) is 12.6. The lowest BCUT2D eigenvalue weighted by Gasteiger charge is -2.12. The van der Waals surface area contributed by atoms with Crippen LogP contribution in [0.4, 0.5) is 0 Å². The first-order chi connectivity index (χ1) is 10.4. The van der Waals surface area contributed by atoms with Crippen LogP contribution in [0.25, 0.3) is 0 Å². The van der Waals surface area contributed by atoms with Crippen LogP contribution in [0.3, 0.4) is 0 Å². The minimum atomic E-state index is -0.994. The maximum absolute atomic E-state index is 11.9. The molecule has 1 aromatic carbocycles. The molecule has 7 nitrogen and oxygen atoms in total. The molecule has 0 aliphatic rings. The first-order valence-electron chi connectivity index (χ1n) is 6.94. The van der Waals surface area contributed by atoms with E-state index in [1.54, 1.807) is 31.2 Å². The Bertz CT molecular complexity index is 527. The lowest BCUT2D eigenvalue weighted by molar-refractivity contribution is -0.137. The predicted octanol–water partition coefficient (Wildman–Crippen LogP) is 0.794. The largest absolute Gasteiger partial charge is 0.494 e. The highest BCUT2D eigenvalue weighted by molar-refractivity contribution is 5.96. The highest BCUT2D eigenvalue weighted by Gasteiger charge is 2.12. The van der Waals surface area contributed by atoms with Gasteiger partial charge in [-0.3, -0.25) is 14.4 Å². The first-order valence-corrected chi connectivity index (χ1v) is 6.94. The number of carboxylic acid groups (broad SMARTS) is 1. The lowest BCUT2D eigenvalue weighted by atomic mass is 10.2. The number of rotatable bonds is 8. The molecule has 22 heavy (non-hydrogen) atoms. The first kappa shape index (κ1) is 17.5. The number of nitrogens with one attached hydrogen (secondary N) is 2. The van der Waals surface area contributed by atoms with Crippen molar-refractivity contribution in [1.82, 2.24) is 10.6 Å². The van der Waals surface area contributed by atoms with E-state index in [-0.39, 0.29) is 18.9 Å². The van der Waals surface area contributed by atoms with E-state index >= 15 is 0 Å². The van der Waals surface area contributed by atoms with Crippen molar-refractivity contribution < 1.29 is 24.2 Å². The van der Waals surface area contributed by atoms with E-state index < -0.39 is 17.9 Å². The summed E-state index contributed by atoms with van der Waals surface area (Å²) >= 11 is 0. The Morgan fingerprint density at radius 2 is 1.86 bits per heavy atom. The molecule has 120 valence electrons. The number of carboxylic acids is 1. The summed E-state index contributed by atoms with van der Waals surface area (Å²) in [5.74, 6) is -1.15. The molecule has 0 saturated heterocycles. The van der Waals surface area contributed by atoms with Crippen molar-refractivity contribution in [3.63, 3.8) is 0 Å². The second-order valence-electron chi connectivity index (χ2n) is 4.71. The summed E-state index contributed by atoms with van der Waals surface area (Å²) in [5.41, 5.74) is 0.412. The van der Waals surface area contributed by atoms with Gasteiger partial charge < -0.3 is 20.5 Å². The molecular weight excluding hydrogens is 288 g/mol. The molecule has 1 rings (SSSR count). The Hall–Kier alpha value is -2.57. The third kappa shape index (κ3) is 6.25. The highest BCUT2D eigenvalue weighted by atomic mass is 16.5. The minimum absolute atomic E-state index is 0.168. The zero-order chi connectivity index (χ0) is 16.5. The predicted molar refractivity (Wildman–Crippen MR) is 79.8 cm³/mol. The molecule has 0 aromatic heterocycles. The molecule has 1 atom stereocenters. The van der Waals surface area contributed by atoms with E-state index in [1.165, 1.54) is 0 Å². The van der Waals surface area contributed by atoms with Crippen LogP contribution in [-0.2, 0) is 9.59 Å². The van der Waals surface area contributed by atoms with Crippen LogP contribution in [0, 0.1) is 0 Å². The van der Waals surface area contributed by atoms with Crippen LogP contribution in [0.1, 0.15) is 30.6 Å². The smallest absolute Gasteiger partial charge is 0.305 e. The van der Waals surface area contributed by atoms with Crippen LogP contribution in [-0.4, -0.2) is 42.1 Å². The van der Waals surface area contributed by atoms with Gasteiger partial charge in [-0.1, -0.05) is 0 Å². The average Bonchev–Trinajstić information content (AvgIpc) is 2.45. The maximum atomic E-state index is 11.9. The number of benzene rings is 1. The van der Waals surface area contributed by atoms with Gasteiger partial charge in [0.25, 0.3) is 5.91 Å². The Labute approximate surface area is 128 Å². The Morgan fingerprint density at radius 3 is 2.41 bits per heavy atom. The van der Waals surface area contributed by atoms with Gasteiger partial charge in [0.05, 0.1) is 19.6 Å². The summed E-state index contributed by atoms with van der Waals surface area (Å²) in [7, 11) is 0. The number of hydrogen-bond acceptors (Lipinski definition) is 4. The normalized spacial score (nSPS) is 11.4. The summed E-state index contributed by atoms with van der Waals surface area (Å²) in [4.78, 5) is 33.9. The van der Waals surface area contributed by atoms with Crippen LogP contribution in [0.15, 0.2) is 24.3 Å². The summed E-state index contributed by atoms with van der Waals surface area (Å²) in [6, 6.07) is 6.06. The second-order valence-corrected chi connectivity index (χ2v) is 4.71. The van der Waals surface area contributed by atoms with Crippen LogP contribution < -0.4 is 15.4 Å². The van der Waals surface area contributed by atoms with Gasteiger partial charge in [0.1, 0.15) is 5.75 Å². The van der Waals surface area contributed by atoms with Gasteiger partial charge in [-0.25, -0.2) is 0 Å². The molecule has 2 amide bonds. The number of aliphatic carboxylic acids is 1. The Morgan fingerprint density at radius 1 is 1.23 bits per heavy atom. The van der Waals surface area contributed by atoms with Gasteiger partial charge in [0, 0.05) is 11.6 Å². The van der Waals surface area contributed by atoms with E-state index in [1.807, 2.05) is 6.92 Å². The quantitative estimate of drug-likeness (QED) is 0.658. The fourth-order valence-electron chi connectivity index (χ4n) is 1.77. The molecule has 0 radical (unpaired) electrons. The fourth-order valence-corrected chi connectivity index (χ4v) is 1.77. The molecule has 0 saturated carbocycles. The maximum Gasteiger partial charge on any atom is 0.305 e. The van der Waals surface area contributed by atoms with Crippen molar-refractivity contribution >= 4 is 17.8 Å². The van der Waals surface area contributed by atoms with Crippen molar-refractivity contribution in [1.29, 1.82) is 0 Å². The van der Waals surface area contributed by atoms with Gasteiger partial charge >= 0.3 is 5.97 Å². The van der Waals surface area contributed by atoms with Gasteiger partial charge in [0.2, 0.25) is 5.91 Å². The molecule has 7 heteroatoms. The number of amides is 2. The van der Waals surface area contributed by atoms with Crippen molar-refractivity contribution in [2.75, 3.05) is 13.2 Å². The third-order valence-corrected chi connectivity index (χ3v) is 2.73. The molecular formula is C15H20N2O5. The van der Waals surface area contributed by atoms with Crippen LogP contribution in [0.2, 0.25) is 0 Å². The number of ether oxygens (including phenoxy) is 1. The molecule has 0 fully saturated rings. The summed E-state index contributed by atoms with van der Waals surface area (Å²) in [5, 5.41) is 13.6. The number of carbonyl (C=O) groups excluding carboxylic acids is 2. The van der Waals surface area contributed by atoms with Crippen molar-refractivity contribution in [2.45, 2.75) is 26.3 Å². The fraction of sp³-hybridized carbons (Fsp3) is 0.400. The van der Waals surface area contributed by atoms with Crippen LogP contribution >= 0.6 is 0 Å². The van der Waals surface area contributed by atoms with E-state index in [2.05, 4.69) is 10.6 Å². The molecule has 3 N–H and O–H groups in total. The molecule has 0 aliphatic carbocycles. The SMILES string of the molecule is CCOc1ccc(C(=O)NCC(=O)NC(C)CC(=O)O)cc1. The molecule has 0 heterocycles. The number of carbonyl (C=O) groups is 3. The number of hydrogen-bond donors (Lipinski definition) is 3. The van der Waals surface area contributed by atoms with E-state index in [0.29, 0.717) is 17.9 Å². The van der Waals surface area contributed by atoms with Crippen molar-refractivity contribution in [3.8, 4) is 5.75 Å². The Kier molecular flexibility index (Phi) is 6.88. The summed E-state index contributed by atoms with van der Waals surface area (Å²) in [6.07, 6.45) is -0.168. The van der Waals surface area contributed by atoms with E-state index in [9.17, 15) is 14.4 Å². The van der Waals surface area contributed by atoms with E-state index in [0.717, 1.165) is 0 Å². The summed E-state index contributed by atoms with van der Waals surface area (Å²) in [6.45, 7) is 3.78. The topological polar surface area (TPSA) is 105 Å². The second kappa shape index (κ2) is 8.66. The highest BCUT2D eigenvalue weighted by Crippen LogP contribution is 2.11. The minimum Gasteiger partial charge on any atom is -0.494 e. The molecule has 1 aromatic rings. The lowest BCUT2D eigenvalue weighted by Crippen LogP contribution is -2.41. The van der Waals surface area contributed by atoms with Gasteiger partial charge in [-0.2, -0.15) is 0 Å². The van der Waals surface area contributed by atoms with E-state index in [4.69, 9.17) is 9.84 Å². The molecule has 0 spiro atoms. The Balaban J connectivity index is 2.41.